The van der Waals surface area contributed by atoms with Crippen LogP contribution in [0, 0.1) is 0 Å². The fourth-order valence-electron chi connectivity index (χ4n) is 3.77. The van der Waals surface area contributed by atoms with E-state index in [4.69, 9.17) is 27.9 Å². The van der Waals surface area contributed by atoms with Crippen LogP contribution in [0.4, 0.5) is 5.69 Å². The zero-order valence-corrected chi connectivity index (χ0v) is 22.5. The largest absolute Gasteiger partial charge is 0.462 e. The van der Waals surface area contributed by atoms with Gasteiger partial charge in [0.05, 0.1) is 57.6 Å². The monoisotopic (exact) mass is 572 g/mol. The Labute approximate surface area is 235 Å². The lowest BCUT2D eigenvalue weighted by Crippen LogP contribution is -2.26. The molecule has 2 aromatic heterocycles. The van der Waals surface area contributed by atoms with Gasteiger partial charge in [0.2, 0.25) is 5.91 Å². The molecule has 38 heavy (non-hydrogen) atoms. The summed E-state index contributed by atoms with van der Waals surface area (Å²) in [5.74, 6) is -1.43. The number of pyridine rings is 2. The first-order valence-corrected chi connectivity index (χ1v) is 12.1. The van der Waals surface area contributed by atoms with Gasteiger partial charge in [-0.05, 0) is 42.8 Å². The molecule has 0 fully saturated rings. The van der Waals surface area contributed by atoms with Crippen LogP contribution in [0.25, 0.3) is 10.9 Å². The fourth-order valence-corrected chi connectivity index (χ4v) is 4.34. The summed E-state index contributed by atoms with van der Waals surface area (Å²) in [5.41, 5.74) is 2.17. The Kier molecular flexibility index (Phi) is 10.0. The molecule has 0 aliphatic carbocycles. The molecular weight excluding hydrogens is 551 g/mol. The highest BCUT2D eigenvalue weighted by atomic mass is 35.5. The SMILES string of the molecule is CCOC(=O)c1cnc2c(NC(=O)c3c(Cl)cccc3Cl)cccc2c1CC(=O)NCc1ccccn1.Cl. The van der Waals surface area contributed by atoms with Crippen LogP contribution < -0.4 is 10.6 Å². The molecule has 2 aromatic carbocycles. The molecule has 2 N–H and O–H groups in total. The quantitative estimate of drug-likeness (QED) is 0.264. The molecule has 4 rings (SSSR count). The summed E-state index contributed by atoms with van der Waals surface area (Å²) in [6.07, 6.45) is 2.87. The predicted octanol–water partition coefficient (Wildman–Crippen LogP) is 5.65. The second-order valence-corrected chi connectivity index (χ2v) is 8.71. The molecule has 4 aromatic rings. The van der Waals surface area contributed by atoms with Gasteiger partial charge < -0.3 is 15.4 Å². The molecule has 0 atom stereocenters. The molecule has 8 nitrogen and oxygen atoms in total. The van der Waals surface area contributed by atoms with Crippen LogP contribution in [0.2, 0.25) is 10.0 Å². The van der Waals surface area contributed by atoms with E-state index in [1.807, 2.05) is 6.07 Å². The van der Waals surface area contributed by atoms with E-state index in [9.17, 15) is 14.4 Å². The number of rotatable bonds is 8. The molecule has 11 heteroatoms. The van der Waals surface area contributed by atoms with Crippen molar-refractivity contribution in [2.75, 3.05) is 11.9 Å². The number of nitrogens with zero attached hydrogens (tertiary/aromatic N) is 2. The molecule has 0 aliphatic heterocycles. The van der Waals surface area contributed by atoms with Gasteiger partial charge in [0, 0.05) is 17.8 Å². The van der Waals surface area contributed by atoms with Crippen molar-refractivity contribution >= 4 is 70.0 Å². The Morgan fingerprint density at radius 3 is 2.37 bits per heavy atom. The average molecular weight is 574 g/mol. The summed E-state index contributed by atoms with van der Waals surface area (Å²) >= 11 is 12.4. The smallest absolute Gasteiger partial charge is 0.340 e. The first kappa shape index (κ1) is 28.8. The van der Waals surface area contributed by atoms with E-state index in [2.05, 4.69) is 20.6 Å². The maximum atomic E-state index is 13.0. The number of ether oxygens (including phenoxy) is 1. The summed E-state index contributed by atoms with van der Waals surface area (Å²) in [4.78, 5) is 47.2. The number of esters is 1. The van der Waals surface area contributed by atoms with E-state index >= 15 is 0 Å². The van der Waals surface area contributed by atoms with Crippen molar-refractivity contribution in [1.29, 1.82) is 0 Å². The van der Waals surface area contributed by atoms with Gasteiger partial charge >= 0.3 is 5.97 Å². The summed E-state index contributed by atoms with van der Waals surface area (Å²) in [7, 11) is 0. The van der Waals surface area contributed by atoms with E-state index in [0.29, 0.717) is 27.8 Å². The highest BCUT2D eigenvalue weighted by molar-refractivity contribution is 6.40. The zero-order valence-electron chi connectivity index (χ0n) is 20.2. The number of benzene rings is 2. The number of carbonyl (C=O) groups excluding carboxylic acids is 3. The van der Waals surface area contributed by atoms with Crippen molar-refractivity contribution < 1.29 is 19.1 Å². The van der Waals surface area contributed by atoms with Gasteiger partial charge in [-0.15, -0.1) is 12.4 Å². The molecule has 0 saturated heterocycles. The highest BCUT2D eigenvalue weighted by Gasteiger charge is 2.22. The van der Waals surface area contributed by atoms with Crippen LogP contribution in [0.3, 0.4) is 0 Å². The molecule has 2 heterocycles. The number of hydrogen-bond acceptors (Lipinski definition) is 6. The number of amides is 2. The van der Waals surface area contributed by atoms with E-state index in [1.165, 1.54) is 6.20 Å². The third-order valence-corrected chi connectivity index (χ3v) is 6.10. The van der Waals surface area contributed by atoms with Crippen molar-refractivity contribution in [1.82, 2.24) is 15.3 Å². The number of anilines is 1. The maximum Gasteiger partial charge on any atom is 0.340 e. The molecule has 0 aliphatic rings. The van der Waals surface area contributed by atoms with Gasteiger partial charge in [-0.3, -0.25) is 19.6 Å². The molecule has 0 saturated carbocycles. The number of aromatic nitrogens is 2. The Morgan fingerprint density at radius 1 is 0.947 bits per heavy atom. The second-order valence-electron chi connectivity index (χ2n) is 7.90. The fraction of sp³-hybridized carbons (Fsp3) is 0.148. The maximum absolute atomic E-state index is 13.0. The van der Waals surface area contributed by atoms with Crippen molar-refractivity contribution in [3.63, 3.8) is 0 Å². The normalized spacial score (nSPS) is 10.4. The predicted molar refractivity (Wildman–Crippen MR) is 149 cm³/mol. The van der Waals surface area contributed by atoms with Crippen LogP contribution in [0.5, 0.6) is 0 Å². The van der Waals surface area contributed by atoms with Crippen LogP contribution in [-0.2, 0) is 22.5 Å². The Hall–Kier alpha value is -3.72. The van der Waals surface area contributed by atoms with Crippen molar-refractivity contribution in [3.05, 3.63) is 99.4 Å². The Balaban J connectivity index is 0.00000400. The number of carbonyl (C=O) groups is 3. The Bertz CT molecular complexity index is 1460. The van der Waals surface area contributed by atoms with Crippen LogP contribution in [0.15, 0.2) is 67.0 Å². The number of para-hydroxylation sites is 1. The lowest BCUT2D eigenvalue weighted by Gasteiger charge is -2.15. The van der Waals surface area contributed by atoms with E-state index in [-0.39, 0.29) is 59.1 Å². The molecule has 0 bridgehead atoms. The van der Waals surface area contributed by atoms with Gasteiger partial charge in [-0.2, -0.15) is 0 Å². The lowest BCUT2D eigenvalue weighted by atomic mass is 9.99. The number of nitrogens with one attached hydrogen (secondary N) is 2. The minimum atomic E-state index is -0.596. The van der Waals surface area contributed by atoms with Crippen molar-refractivity contribution in [3.8, 4) is 0 Å². The molecule has 0 unspecified atom stereocenters. The van der Waals surface area contributed by atoms with Crippen molar-refractivity contribution in [2.24, 2.45) is 0 Å². The van der Waals surface area contributed by atoms with E-state index < -0.39 is 11.9 Å². The standard InChI is InChI=1S/C27H22Cl2N4O4.ClH/c1-2-37-27(36)19-15-32-25-17(18(19)13-23(34)31-14-16-7-3-4-12-30-16)8-5-11-22(25)33-26(35)24-20(28)9-6-10-21(24)29;/h3-12,15H,2,13-14H2,1H3,(H,31,34)(H,33,35);1H. The van der Waals surface area contributed by atoms with E-state index in [0.717, 1.165) is 0 Å². The minimum absolute atomic E-state index is 0. The number of fused-ring (bicyclic) bond motifs is 1. The highest BCUT2D eigenvalue weighted by Crippen LogP contribution is 2.30. The Morgan fingerprint density at radius 2 is 1.68 bits per heavy atom. The third-order valence-electron chi connectivity index (χ3n) is 5.47. The topological polar surface area (TPSA) is 110 Å². The molecule has 196 valence electrons. The number of halogens is 3. The lowest BCUT2D eigenvalue weighted by molar-refractivity contribution is -0.120. The third kappa shape index (κ3) is 6.58. The molecular formula is C27H23Cl3N4O4. The van der Waals surface area contributed by atoms with Gasteiger partial charge in [0.15, 0.2) is 0 Å². The van der Waals surface area contributed by atoms with E-state index in [1.54, 1.807) is 61.7 Å². The van der Waals surface area contributed by atoms with Crippen molar-refractivity contribution in [2.45, 2.75) is 19.9 Å². The molecule has 0 spiro atoms. The van der Waals surface area contributed by atoms with Gasteiger partial charge in [-0.25, -0.2) is 4.79 Å². The first-order chi connectivity index (χ1) is 17.9. The van der Waals surface area contributed by atoms with Gasteiger partial charge in [0.25, 0.3) is 5.91 Å². The summed E-state index contributed by atoms with van der Waals surface area (Å²) in [6, 6.07) is 15.3. The zero-order chi connectivity index (χ0) is 26.4. The summed E-state index contributed by atoms with van der Waals surface area (Å²) in [6.45, 7) is 2.09. The van der Waals surface area contributed by atoms with Crippen LogP contribution in [-0.4, -0.2) is 34.4 Å². The molecule has 2 amide bonds. The average Bonchev–Trinajstić information content (AvgIpc) is 2.88. The van der Waals surface area contributed by atoms with Gasteiger partial charge in [-0.1, -0.05) is 47.5 Å². The number of hydrogen-bond donors (Lipinski definition) is 2. The minimum Gasteiger partial charge on any atom is -0.462 e. The molecule has 0 radical (unpaired) electrons. The summed E-state index contributed by atoms with van der Waals surface area (Å²) in [5, 5.41) is 6.53. The summed E-state index contributed by atoms with van der Waals surface area (Å²) < 4.78 is 5.19. The first-order valence-electron chi connectivity index (χ1n) is 11.4. The second kappa shape index (κ2) is 13.2. The van der Waals surface area contributed by atoms with Crippen LogP contribution >= 0.6 is 35.6 Å². The van der Waals surface area contributed by atoms with Gasteiger partial charge in [0.1, 0.15) is 0 Å². The van der Waals surface area contributed by atoms with Crippen LogP contribution in [0.1, 0.15) is 38.9 Å².